The molecule has 1 fully saturated rings. The Balaban J connectivity index is -0.000000169. The molecule has 0 N–H and O–H groups in total. The van der Waals surface area contributed by atoms with E-state index >= 15 is 0 Å². The van der Waals surface area contributed by atoms with Crippen LogP contribution in [0.5, 0.6) is 0 Å². The largest absolute Gasteiger partial charge is 0.0776 e. The number of rotatable bonds is 2. The first-order chi connectivity index (χ1) is 7.26. The molecular weight excluding hydrogens is 204 g/mol. The predicted octanol–water partition coefficient (Wildman–Crippen LogP) is 6.94. The molecule has 0 heterocycles. The Hall–Kier alpha value is 0. The molecule has 0 aromatic carbocycles. The summed E-state index contributed by atoms with van der Waals surface area (Å²) in [5, 5.41) is 0. The van der Waals surface area contributed by atoms with Crippen molar-refractivity contribution in [2.45, 2.75) is 94.9 Å². The Kier molecular flexibility index (Phi) is 16.3. The van der Waals surface area contributed by atoms with Crippen molar-refractivity contribution in [3.8, 4) is 0 Å². The van der Waals surface area contributed by atoms with Crippen LogP contribution in [0.2, 0.25) is 0 Å². The van der Waals surface area contributed by atoms with Crippen molar-refractivity contribution in [3.63, 3.8) is 0 Å². The van der Waals surface area contributed by atoms with Crippen molar-refractivity contribution in [2.75, 3.05) is 0 Å². The Labute approximate surface area is 113 Å². The van der Waals surface area contributed by atoms with Gasteiger partial charge in [0.05, 0.1) is 0 Å². The summed E-state index contributed by atoms with van der Waals surface area (Å²) in [6, 6.07) is 0. The first-order valence-electron chi connectivity index (χ1n) is 7.26. The van der Waals surface area contributed by atoms with Gasteiger partial charge in [0.25, 0.3) is 0 Å². The normalized spacial score (nSPS) is 13.9. The predicted molar refractivity (Wildman–Crippen MR) is 84.6 cm³/mol. The molecule has 0 aliphatic heterocycles. The highest BCUT2D eigenvalue weighted by Gasteiger charge is 2.17. The van der Waals surface area contributed by atoms with E-state index in [4.69, 9.17) is 0 Å². The molecular formula is C17H40. The third-order valence-corrected chi connectivity index (χ3v) is 3.15. The summed E-state index contributed by atoms with van der Waals surface area (Å²) in [5.74, 6) is 2.02. The fraction of sp³-hybridized carbons (Fsp3) is 1.00. The quantitative estimate of drug-likeness (QED) is 0.493. The summed E-state index contributed by atoms with van der Waals surface area (Å²) < 4.78 is 0. The average Bonchev–Trinajstić information content (AvgIpc) is 3.01. The van der Waals surface area contributed by atoms with Crippen LogP contribution in [0.25, 0.3) is 0 Å². The molecule has 0 bridgehead atoms. The third-order valence-electron chi connectivity index (χ3n) is 3.15. The van der Waals surface area contributed by atoms with Crippen LogP contribution in [-0.4, -0.2) is 0 Å². The monoisotopic (exact) mass is 244 g/mol. The fourth-order valence-corrected chi connectivity index (χ4v) is 0.526. The van der Waals surface area contributed by atoms with Crippen LogP contribution in [0.15, 0.2) is 0 Å². The fourth-order valence-electron chi connectivity index (χ4n) is 0.526. The van der Waals surface area contributed by atoms with Gasteiger partial charge in [0.2, 0.25) is 0 Å². The molecule has 0 atom stereocenters. The van der Waals surface area contributed by atoms with Gasteiger partial charge in [-0.05, 0) is 17.3 Å². The van der Waals surface area contributed by atoms with E-state index in [1.165, 1.54) is 32.1 Å². The Morgan fingerprint density at radius 3 is 1.29 bits per heavy atom. The molecule has 0 aromatic heterocycles. The lowest BCUT2D eigenvalue weighted by Gasteiger charge is -2.12. The zero-order chi connectivity index (χ0) is 13.2. The number of hydrogen-bond donors (Lipinski definition) is 0. The molecule has 0 unspecified atom stereocenters. The lowest BCUT2D eigenvalue weighted by Crippen LogP contribution is -2.00. The highest BCUT2D eigenvalue weighted by molar-refractivity contribution is 4.69. The van der Waals surface area contributed by atoms with Crippen LogP contribution in [0, 0.1) is 17.3 Å². The second-order valence-corrected chi connectivity index (χ2v) is 6.57. The van der Waals surface area contributed by atoms with Crippen molar-refractivity contribution in [1.82, 2.24) is 0 Å². The van der Waals surface area contributed by atoms with Crippen molar-refractivity contribution in [2.24, 2.45) is 17.3 Å². The summed E-state index contributed by atoms with van der Waals surface area (Å²) in [4.78, 5) is 0. The van der Waals surface area contributed by atoms with E-state index in [1.54, 1.807) is 0 Å². The zero-order valence-corrected chi connectivity index (χ0v) is 13.2. The second kappa shape index (κ2) is 12.5. The molecule has 0 amide bonds. The van der Waals surface area contributed by atoms with Gasteiger partial charge in [0.15, 0.2) is 0 Å². The highest BCUT2D eigenvalue weighted by Crippen LogP contribution is 2.31. The van der Waals surface area contributed by atoms with Gasteiger partial charge in [0.1, 0.15) is 0 Å². The maximum Gasteiger partial charge on any atom is -0.0385 e. The van der Waals surface area contributed by atoms with E-state index < -0.39 is 0 Å². The molecule has 1 aliphatic carbocycles. The zero-order valence-electron chi connectivity index (χ0n) is 13.2. The second-order valence-electron chi connectivity index (χ2n) is 6.57. The lowest BCUT2D eigenvalue weighted by molar-refractivity contribution is 0.398. The van der Waals surface area contributed by atoms with E-state index in [1.807, 2.05) is 0 Å². The van der Waals surface area contributed by atoms with Crippen molar-refractivity contribution in [3.05, 3.63) is 0 Å². The minimum Gasteiger partial charge on any atom is -0.0776 e. The summed E-state index contributed by atoms with van der Waals surface area (Å²) in [6.07, 6.45) is 7.01. The topological polar surface area (TPSA) is 0 Å². The van der Waals surface area contributed by atoms with Crippen LogP contribution in [0.3, 0.4) is 0 Å². The SMILES string of the molecule is C.CCC(C)(C)C.CCC(C)C.CCC1CC1. The van der Waals surface area contributed by atoms with Gasteiger partial charge in [0, 0.05) is 0 Å². The Bertz CT molecular complexity index is 121. The van der Waals surface area contributed by atoms with Gasteiger partial charge >= 0.3 is 0 Å². The van der Waals surface area contributed by atoms with Crippen LogP contribution < -0.4 is 0 Å². The molecule has 1 aliphatic rings. The molecule has 1 rings (SSSR count). The maximum atomic E-state index is 2.26. The first kappa shape index (κ1) is 22.2. The van der Waals surface area contributed by atoms with Crippen molar-refractivity contribution >= 4 is 0 Å². The van der Waals surface area contributed by atoms with Crippen LogP contribution in [-0.2, 0) is 0 Å². The molecule has 0 aromatic rings. The molecule has 0 radical (unpaired) electrons. The van der Waals surface area contributed by atoms with Gasteiger partial charge in [-0.3, -0.25) is 0 Å². The van der Waals surface area contributed by atoms with E-state index in [0.29, 0.717) is 5.41 Å². The first-order valence-corrected chi connectivity index (χ1v) is 7.26. The van der Waals surface area contributed by atoms with E-state index in [-0.39, 0.29) is 7.43 Å². The molecule has 108 valence electrons. The minimum atomic E-state index is 0. The van der Waals surface area contributed by atoms with Gasteiger partial charge in [-0.25, -0.2) is 0 Å². The van der Waals surface area contributed by atoms with Crippen LogP contribution in [0.1, 0.15) is 94.9 Å². The summed E-state index contributed by atoms with van der Waals surface area (Å²) in [6.45, 7) is 17.8. The summed E-state index contributed by atoms with van der Waals surface area (Å²) in [7, 11) is 0. The molecule has 0 saturated heterocycles. The van der Waals surface area contributed by atoms with Crippen LogP contribution >= 0.6 is 0 Å². The van der Waals surface area contributed by atoms with Gasteiger partial charge in [-0.2, -0.15) is 0 Å². The van der Waals surface area contributed by atoms with Gasteiger partial charge in [-0.15, -0.1) is 0 Å². The molecule has 17 heavy (non-hydrogen) atoms. The highest BCUT2D eigenvalue weighted by atomic mass is 14.2. The average molecular weight is 245 g/mol. The Morgan fingerprint density at radius 2 is 1.29 bits per heavy atom. The number of hydrogen-bond acceptors (Lipinski definition) is 0. The maximum absolute atomic E-state index is 2.26. The van der Waals surface area contributed by atoms with Crippen molar-refractivity contribution in [1.29, 1.82) is 0 Å². The van der Waals surface area contributed by atoms with E-state index in [0.717, 1.165) is 11.8 Å². The lowest BCUT2D eigenvalue weighted by atomic mass is 9.94. The smallest absolute Gasteiger partial charge is 0.0385 e. The Morgan fingerprint density at radius 1 is 1.00 bits per heavy atom. The summed E-state index contributed by atoms with van der Waals surface area (Å²) >= 11 is 0. The third kappa shape index (κ3) is 31.4. The molecule has 0 heteroatoms. The van der Waals surface area contributed by atoms with Crippen molar-refractivity contribution < 1.29 is 0 Å². The van der Waals surface area contributed by atoms with Crippen LogP contribution in [0.4, 0.5) is 0 Å². The standard InChI is InChI=1S/C6H14.C5H10.C5H12.CH4/c1-5-6(2,3)4;1-2-5-3-4-5;1-4-5(2)3;/h5H2,1-4H3;5H,2-4H2,1H3;5H,4H2,1-3H3;1H4. The van der Waals surface area contributed by atoms with E-state index in [9.17, 15) is 0 Å². The molecule has 1 saturated carbocycles. The minimum absolute atomic E-state index is 0. The van der Waals surface area contributed by atoms with E-state index in [2.05, 4.69) is 55.4 Å². The molecule has 0 nitrogen and oxygen atoms in total. The van der Waals surface area contributed by atoms with Gasteiger partial charge < -0.3 is 0 Å². The van der Waals surface area contributed by atoms with Gasteiger partial charge in [-0.1, -0.05) is 94.9 Å². The summed E-state index contributed by atoms with van der Waals surface area (Å²) in [5.41, 5.74) is 0.542. The molecule has 0 spiro atoms.